The first-order valence-corrected chi connectivity index (χ1v) is 9.39. The molecule has 0 aliphatic heterocycles. The van der Waals surface area contributed by atoms with Gasteiger partial charge in [0.05, 0.1) is 23.9 Å². The topological polar surface area (TPSA) is 71.3 Å². The van der Waals surface area contributed by atoms with Crippen LogP contribution in [0, 0.1) is 27.7 Å². The summed E-state index contributed by atoms with van der Waals surface area (Å²) in [4.78, 5) is 9.13. The summed E-state index contributed by atoms with van der Waals surface area (Å²) >= 11 is 6.43. The minimum Gasteiger partial charge on any atom is -0.436 e. The standard InChI is InChI=1S/C20H25ClN4O3/c1-11-7-12(2)18(16(21)8-11)28-20-17-13(3)24-25(15(9-26-5)10-27-6)19(17)22-14(4)23-20/h7-8,15H,9-10H2,1-6H3. The Hall–Kier alpha value is -2.22. The number of hydrogen-bond donors (Lipinski definition) is 0. The second kappa shape index (κ2) is 8.43. The van der Waals surface area contributed by atoms with Gasteiger partial charge in [-0.1, -0.05) is 17.7 Å². The summed E-state index contributed by atoms with van der Waals surface area (Å²) in [5.41, 5.74) is 3.46. The summed E-state index contributed by atoms with van der Waals surface area (Å²) in [5, 5.41) is 5.96. The van der Waals surface area contributed by atoms with E-state index in [1.54, 1.807) is 14.2 Å². The van der Waals surface area contributed by atoms with E-state index in [4.69, 9.17) is 25.8 Å². The van der Waals surface area contributed by atoms with Crippen LogP contribution >= 0.6 is 11.6 Å². The zero-order valence-electron chi connectivity index (χ0n) is 17.0. The molecule has 0 N–H and O–H groups in total. The van der Waals surface area contributed by atoms with Crippen molar-refractivity contribution in [3.63, 3.8) is 0 Å². The fourth-order valence-corrected chi connectivity index (χ4v) is 3.66. The van der Waals surface area contributed by atoms with E-state index in [-0.39, 0.29) is 6.04 Å². The number of nitrogens with zero attached hydrogens (tertiary/aromatic N) is 4. The van der Waals surface area contributed by atoms with Crippen LogP contribution in [0.5, 0.6) is 11.6 Å². The van der Waals surface area contributed by atoms with E-state index in [2.05, 4.69) is 15.1 Å². The van der Waals surface area contributed by atoms with Gasteiger partial charge in [-0.2, -0.15) is 10.1 Å². The van der Waals surface area contributed by atoms with Crippen LogP contribution in [0.15, 0.2) is 12.1 Å². The molecular formula is C20H25ClN4O3. The van der Waals surface area contributed by atoms with Crippen LogP contribution in [0.1, 0.15) is 28.7 Å². The summed E-state index contributed by atoms with van der Waals surface area (Å²) in [5.74, 6) is 1.61. The highest BCUT2D eigenvalue weighted by Gasteiger charge is 2.23. The number of methoxy groups -OCH3 is 2. The third kappa shape index (κ3) is 3.97. The number of rotatable bonds is 7. The first-order valence-electron chi connectivity index (χ1n) is 9.01. The molecule has 0 aliphatic rings. The van der Waals surface area contributed by atoms with Crippen LogP contribution in [-0.2, 0) is 9.47 Å². The largest absolute Gasteiger partial charge is 0.436 e. The molecule has 3 aromatic rings. The number of hydrogen-bond acceptors (Lipinski definition) is 6. The lowest BCUT2D eigenvalue weighted by Gasteiger charge is -2.16. The summed E-state index contributed by atoms with van der Waals surface area (Å²) in [7, 11) is 3.30. The fraction of sp³-hybridized carbons (Fsp3) is 0.450. The Morgan fingerprint density at radius 2 is 1.71 bits per heavy atom. The molecule has 0 fully saturated rings. The van der Waals surface area contributed by atoms with E-state index >= 15 is 0 Å². The van der Waals surface area contributed by atoms with E-state index in [1.807, 2.05) is 44.5 Å². The lowest BCUT2D eigenvalue weighted by molar-refractivity contribution is 0.0855. The Kier molecular flexibility index (Phi) is 6.17. The first-order chi connectivity index (χ1) is 13.3. The second-order valence-electron chi connectivity index (χ2n) is 6.86. The molecular weight excluding hydrogens is 380 g/mol. The number of fused-ring (bicyclic) bond motifs is 1. The van der Waals surface area contributed by atoms with Gasteiger partial charge in [-0.15, -0.1) is 0 Å². The molecule has 0 amide bonds. The third-order valence-electron chi connectivity index (χ3n) is 4.44. The Labute approximate surface area is 169 Å². The Bertz CT molecular complexity index is 974. The van der Waals surface area contributed by atoms with E-state index < -0.39 is 0 Å². The van der Waals surface area contributed by atoms with Crippen LogP contribution in [0.3, 0.4) is 0 Å². The van der Waals surface area contributed by atoms with Crippen molar-refractivity contribution >= 4 is 22.6 Å². The molecule has 0 unspecified atom stereocenters. The van der Waals surface area contributed by atoms with Crippen molar-refractivity contribution in [1.29, 1.82) is 0 Å². The van der Waals surface area contributed by atoms with Crippen molar-refractivity contribution in [1.82, 2.24) is 19.7 Å². The fourth-order valence-electron chi connectivity index (χ4n) is 3.30. The molecule has 0 radical (unpaired) electrons. The molecule has 0 spiro atoms. The minimum atomic E-state index is -0.113. The van der Waals surface area contributed by atoms with Gasteiger partial charge in [0.25, 0.3) is 0 Å². The predicted molar refractivity (Wildman–Crippen MR) is 109 cm³/mol. The molecule has 8 heteroatoms. The maximum atomic E-state index is 6.43. The Balaban J connectivity index is 2.15. The van der Waals surface area contributed by atoms with Crippen molar-refractivity contribution in [2.75, 3.05) is 27.4 Å². The number of ether oxygens (including phenoxy) is 3. The zero-order valence-corrected chi connectivity index (χ0v) is 17.8. The molecule has 0 atom stereocenters. The van der Waals surface area contributed by atoms with Crippen molar-refractivity contribution in [3.8, 4) is 11.6 Å². The van der Waals surface area contributed by atoms with Crippen LogP contribution in [0.2, 0.25) is 5.02 Å². The monoisotopic (exact) mass is 404 g/mol. The van der Waals surface area contributed by atoms with Crippen molar-refractivity contribution < 1.29 is 14.2 Å². The first kappa shape index (κ1) is 20.5. The number of benzene rings is 1. The van der Waals surface area contributed by atoms with Crippen molar-refractivity contribution in [3.05, 3.63) is 39.8 Å². The molecule has 28 heavy (non-hydrogen) atoms. The van der Waals surface area contributed by atoms with Gasteiger partial charge in [-0.05, 0) is 44.9 Å². The molecule has 0 saturated heterocycles. The van der Waals surface area contributed by atoms with Gasteiger partial charge in [0.15, 0.2) is 11.4 Å². The van der Waals surface area contributed by atoms with Gasteiger partial charge in [-0.25, -0.2) is 9.67 Å². The van der Waals surface area contributed by atoms with E-state index in [1.165, 1.54) is 0 Å². The normalized spacial score (nSPS) is 11.6. The molecule has 3 rings (SSSR count). The molecule has 0 saturated carbocycles. The van der Waals surface area contributed by atoms with Crippen LogP contribution in [0.4, 0.5) is 0 Å². The summed E-state index contributed by atoms with van der Waals surface area (Å²) in [6.45, 7) is 8.59. The highest BCUT2D eigenvalue weighted by molar-refractivity contribution is 6.32. The smallest absolute Gasteiger partial charge is 0.234 e. The van der Waals surface area contributed by atoms with Crippen LogP contribution < -0.4 is 4.74 Å². The average Bonchev–Trinajstić information content (AvgIpc) is 2.94. The minimum absolute atomic E-state index is 0.113. The summed E-state index contributed by atoms with van der Waals surface area (Å²) in [6.07, 6.45) is 0. The molecule has 1 aromatic carbocycles. The van der Waals surface area contributed by atoms with Gasteiger partial charge in [0.1, 0.15) is 17.3 Å². The maximum absolute atomic E-state index is 6.43. The van der Waals surface area contributed by atoms with Gasteiger partial charge < -0.3 is 14.2 Å². The third-order valence-corrected chi connectivity index (χ3v) is 4.72. The number of aryl methyl sites for hydroxylation is 4. The molecule has 150 valence electrons. The number of aromatic nitrogens is 4. The highest BCUT2D eigenvalue weighted by Crippen LogP contribution is 2.37. The van der Waals surface area contributed by atoms with Gasteiger partial charge in [0, 0.05) is 14.2 Å². The maximum Gasteiger partial charge on any atom is 0.234 e. The molecule has 0 aliphatic carbocycles. The van der Waals surface area contributed by atoms with Gasteiger partial charge >= 0.3 is 0 Å². The number of halogens is 1. The second-order valence-corrected chi connectivity index (χ2v) is 7.27. The van der Waals surface area contributed by atoms with Crippen molar-refractivity contribution in [2.45, 2.75) is 33.7 Å². The molecule has 7 nitrogen and oxygen atoms in total. The highest BCUT2D eigenvalue weighted by atomic mass is 35.5. The SMILES string of the molecule is COCC(COC)n1nc(C)c2c(Oc3c(C)cc(C)cc3Cl)nc(C)nc21. The Morgan fingerprint density at radius 3 is 2.32 bits per heavy atom. The van der Waals surface area contributed by atoms with Crippen LogP contribution in [0.25, 0.3) is 11.0 Å². The lowest BCUT2D eigenvalue weighted by atomic mass is 10.1. The zero-order chi connectivity index (χ0) is 20.4. The van der Waals surface area contributed by atoms with E-state index in [0.717, 1.165) is 22.2 Å². The van der Waals surface area contributed by atoms with Crippen LogP contribution in [-0.4, -0.2) is 47.2 Å². The average molecular weight is 405 g/mol. The van der Waals surface area contributed by atoms with E-state index in [0.29, 0.717) is 41.3 Å². The predicted octanol–water partition coefficient (Wildman–Crippen LogP) is 4.34. The quantitative estimate of drug-likeness (QED) is 0.583. The summed E-state index contributed by atoms with van der Waals surface area (Å²) in [6, 6.07) is 3.78. The Morgan fingerprint density at radius 1 is 1.04 bits per heavy atom. The van der Waals surface area contributed by atoms with Gasteiger partial charge in [-0.3, -0.25) is 0 Å². The molecule has 2 aromatic heterocycles. The summed E-state index contributed by atoms with van der Waals surface area (Å²) < 4.78 is 18.7. The van der Waals surface area contributed by atoms with E-state index in [9.17, 15) is 0 Å². The molecule has 2 heterocycles. The van der Waals surface area contributed by atoms with Crippen molar-refractivity contribution in [2.24, 2.45) is 0 Å². The molecule has 0 bridgehead atoms. The van der Waals surface area contributed by atoms with Gasteiger partial charge in [0.2, 0.25) is 5.88 Å². The lowest BCUT2D eigenvalue weighted by Crippen LogP contribution is -2.21.